The van der Waals surface area contributed by atoms with Gasteiger partial charge in [0.2, 0.25) is 0 Å². The van der Waals surface area contributed by atoms with Gasteiger partial charge in [-0.1, -0.05) is 46.2 Å². The Morgan fingerprint density at radius 2 is 1.67 bits per heavy atom. The highest BCUT2D eigenvalue weighted by Crippen LogP contribution is 2.45. The minimum Gasteiger partial charge on any atom is -0.369 e. The number of halogens is 1. The lowest BCUT2D eigenvalue weighted by Crippen LogP contribution is -2.47. The molecular formula is C26H43ClN2O. The maximum absolute atomic E-state index is 12.1. The Morgan fingerprint density at radius 1 is 1.03 bits per heavy atom. The molecule has 1 aromatic rings. The van der Waals surface area contributed by atoms with Crippen LogP contribution in [0.4, 0.5) is 5.69 Å². The number of rotatable bonds is 6. The Labute approximate surface area is 191 Å². The summed E-state index contributed by atoms with van der Waals surface area (Å²) in [5, 5.41) is 0. The number of anilines is 1. The highest BCUT2D eigenvalue weighted by molar-refractivity contribution is 5.95. The minimum atomic E-state index is 0. The van der Waals surface area contributed by atoms with Gasteiger partial charge in [-0.3, -0.25) is 9.69 Å². The molecular weight excluding hydrogens is 392 g/mol. The molecule has 0 aromatic heterocycles. The number of carbonyl (C=O) groups excluding carboxylic acids is 1. The predicted molar refractivity (Wildman–Crippen MR) is 131 cm³/mol. The average Bonchev–Trinajstić information content (AvgIpc) is 2.71. The molecule has 1 heterocycles. The number of unbranched alkanes of at least 4 members (excludes halogenated alkanes) is 1. The topological polar surface area (TPSA) is 23.6 Å². The van der Waals surface area contributed by atoms with Crippen molar-refractivity contribution in [3.63, 3.8) is 0 Å². The molecule has 1 aromatic carbocycles. The summed E-state index contributed by atoms with van der Waals surface area (Å²) in [5.41, 5.74) is 4.11. The molecule has 0 amide bonds. The normalized spacial score (nSPS) is 23.2. The Morgan fingerprint density at radius 3 is 2.20 bits per heavy atom. The van der Waals surface area contributed by atoms with Crippen LogP contribution in [0, 0.1) is 11.3 Å². The van der Waals surface area contributed by atoms with Gasteiger partial charge in [-0.15, -0.1) is 12.4 Å². The van der Waals surface area contributed by atoms with Crippen LogP contribution >= 0.6 is 12.4 Å². The molecule has 0 atom stereocenters. The summed E-state index contributed by atoms with van der Waals surface area (Å²) in [7, 11) is 0. The van der Waals surface area contributed by atoms with E-state index in [9.17, 15) is 4.79 Å². The summed E-state index contributed by atoms with van der Waals surface area (Å²) in [5.74, 6) is 1.65. The number of hydrogen-bond donors (Lipinski definition) is 0. The summed E-state index contributed by atoms with van der Waals surface area (Å²) in [4.78, 5) is 17.2. The van der Waals surface area contributed by atoms with Gasteiger partial charge >= 0.3 is 0 Å². The van der Waals surface area contributed by atoms with E-state index in [2.05, 4.69) is 55.7 Å². The maximum atomic E-state index is 12.1. The van der Waals surface area contributed by atoms with E-state index in [0.29, 0.717) is 11.3 Å². The van der Waals surface area contributed by atoms with Gasteiger partial charge in [-0.2, -0.15) is 0 Å². The van der Waals surface area contributed by atoms with E-state index in [1.807, 2.05) is 0 Å². The molecule has 1 saturated heterocycles. The van der Waals surface area contributed by atoms with Gasteiger partial charge in [-0.05, 0) is 74.5 Å². The van der Waals surface area contributed by atoms with E-state index >= 15 is 0 Å². The largest absolute Gasteiger partial charge is 0.369 e. The van der Waals surface area contributed by atoms with Crippen LogP contribution in [0.1, 0.15) is 95.0 Å². The molecule has 2 aliphatic rings. The standard InChI is InChI=1S/C26H42N2O.ClH/c1-6-7-14-27-15-17-28(18-16-27)25-19-22(20(2)29)10-13-24(25)21-8-11-23(12-9-21)26(3,4)5;/h10,13,19,21,23H,6-9,11-12,14-18H2,1-5H3;1H. The van der Waals surface area contributed by atoms with Gasteiger partial charge in [0.25, 0.3) is 0 Å². The summed E-state index contributed by atoms with van der Waals surface area (Å²) in [6.45, 7) is 16.8. The monoisotopic (exact) mass is 434 g/mol. The van der Waals surface area contributed by atoms with Crippen molar-refractivity contribution in [3.8, 4) is 0 Å². The maximum Gasteiger partial charge on any atom is 0.159 e. The van der Waals surface area contributed by atoms with E-state index < -0.39 is 0 Å². The molecule has 3 rings (SSSR count). The van der Waals surface area contributed by atoms with Crippen molar-refractivity contribution in [2.24, 2.45) is 11.3 Å². The molecule has 2 fully saturated rings. The summed E-state index contributed by atoms with van der Waals surface area (Å²) >= 11 is 0. The number of Topliss-reactive ketones (excluding diaryl/α,β-unsaturated/α-hetero) is 1. The lowest BCUT2D eigenvalue weighted by Gasteiger charge is -2.40. The second-order valence-electron chi connectivity index (χ2n) is 10.4. The first kappa shape index (κ1) is 25.2. The zero-order valence-electron chi connectivity index (χ0n) is 19.9. The molecule has 0 spiro atoms. The second-order valence-corrected chi connectivity index (χ2v) is 10.4. The van der Waals surface area contributed by atoms with Gasteiger partial charge in [0.15, 0.2) is 5.78 Å². The van der Waals surface area contributed by atoms with Crippen molar-refractivity contribution in [1.82, 2.24) is 4.90 Å². The van der Waals surface area contributed by atoms with Gasteiger partial charge in [0.05, 0.1) is 0 Å². The zero-order chi connectivity index (χ0) is 21.0. The molecule has 30 heavy (non-hydrogen) atoms. The van der Waals surface area contributed by atoms with Gasteiger partial charge in [0, 0.05) is 37.4 Å². The van der Waals surface area contributed by atoms with Crippen molar-refractivity contribution >= 4 is 23.9 Å². The molecule has 4 heteroatoms. The van der Waals surface area contributed by atoms with Crippen LogP contribution in [0.15, 0.2) is 18.2 Å². The quantitative estimate of drug-likeness (QED) is 0.474. The SMILES string of the molecule is CCCCN1CCN(c2cc(C(C)=O)ccc2C2CCC(C(C)(C)C)CC2)CC1.Cl. The third-order valence-corrected chi connectivity index (χ3v) is 7.37. The molecule has 1 saturated carbocycles. The van der Waals surface area contributed by atoms with Crippen molar-refractivity contribution in [1.29, 1.82) is 0 Å². The predicted octanol–water partition coefficient (Wildman–Crippen LogP) is 6.55. The first-order chi connectivity index (χ1) is 13.8. The number of hydrogen-bond acceptors (Lipinski definition) is 3. The molecule has 1 aliphatic heterocycles. The third kappa shape index (κ3) is 6.23. The van der Waals surface area contributed by atoms with Crippen LogP contribution in [-0.4, -0.2) is 43.4 Å². The fourth-order valence-electron chi connectivity index (χ4n) is 5.25. The van der Waals surface area contributed by atoms with E-state index in [4.69, 9.17) is 0 Å². The van der Waals surface area contributed by atoms with E-state index in [-0.39, 0.29) is 18.2 Å². The molecule has 1 aliphatic carbocycles. The van der Waals surface area contributed by atoms with Crippen LogP contribution < -0.4 is 4.90 Å². The first-order valence-corrected chi connectivity index (χ1v) is 11.9. The number of ketones is 1. The molecule has 3 nitrogen and oxygen atoms in total. The van der Waals surface area contributed by atoms with Crippen molar-refractivity contribution in [3.05, 3.63) is 29.3 Å². The van der Waals surface area contributed by atoms with Crippen molar-refractivity contribution in [2.45, 2.75) is 79.1 Å². The van der Waals surface area contributed by atoms with Crippen molar-refractivity contribution < 1.29 is 4.79 Å². The number of benzene rings is 1. The third-order valence-electron chi connectivity index (χ3n) is 7.37. The van der Waals surface area contributed by atoms with Crippen LogP contribution in [0.25, 0.3) is 0 Å². The second kappa shape index (κ2) is 11.0. The van der Waals surface area contributed by atoms with Crippen molar-refractivity contribution in [2.75, 3.05) is 37.6 Å². The zero-order valence-corrected chi connectivity index (χ0v) is 20.7. The Balaban J connectivity index is 0.00000320. The lowest BCUT2D eigenvalue weighted by atomic mass is 9.68. The van der Waals surface area contributed by atoms with Gasteiger partial charge < -0.3 is 4.90 Å². The first-order valence-electron chi connectivity index (χ1n) is 11.9. The summed E-state index contributed by atoms with van der Waals surface area (Å²) < 4.78 is 0. The Hall–Kier alpha value is -1.06. The van der Waals surface area contributed by atoms with E-state index in [1.165, 1.54) is 56.3 Å². The summed E-state index contributed by atoms with van der Waals surface area (Å²) in [6.07, 6.45) is 7.78. The highest BCUT2D eigenvalue weighted by Gasteiger charge is 2.32. The Kier molecular flexibility index (Phi) is 9.24. The smallest absolute Gasteiger partial charge is 0.159 e. The number of carbonyl (C=O) groups is 1. The number of nitrogens with zero attached hydrogens (tertiary/aromatic N) is 2. The summed E-state index contributed by atoms with van der Waals surface area (Å²) in [6, 6.07) is 6.53. The van der Waals surface area contributed by atoms with Gasteiger partial charge in [-0.25, -0.2) is 0 Å². The fourth-order valence-corrected chi connectivity index (χ4v) is 5.25. The van der Waals surface area contributed by atoms with Crippen LogP contribution in [0.3, 0.4) is 0 Å². The highest BCUT2D eigenvalue weighted by atomic mass is 35.5. The lowest BCUT2D eigenvalue weighted by molar-refractivity contribution is 0.101. The van der Waals surface area contributed by atoms with E-state index in [0.717, 1.165) is 37.7 Å². The van der Waals surface area contributed by atoms with Crippen LogP contribution in [0.2, 0.25) is 0 Å². The molecule has 0 unspecified atom stereocenters. The minimum absolute atomic E-state index is 0. The average molecular weight is 435 g/mol. The Bertz CT molecular complexity index is 681. The van der Waals surface area contributed by atoms with E-state index in [1.54, 1.807) is 6.92 Å². The van der Waals surface area contributed by atoms with Crippen LogP contribution in [-0.2, 0) is 0 Å². The molecule has 0 bridgehead atoms. The number of piperazine rings is 1. The molecule has 0 radical (unpaired) electrons. The van der Waals surface area contributed by atoms with Crippen LogP contribution in [0.5, 0.6) is 0 Å². The molecule has 170 valence electrons. The van der Waals surface area contributed by atoms with Gasteiger partial charge in [0.1, 0.15) is 0 Å². The molecule has 0 N–H and O–H groups in total. The fraction of sp³-hybridized carbons (Fsp3) is 0.731.